The highest BCUT2D eigenvalue weighted by Crippen LogP contribution is 2.60. The summed E-state index contributed by atoms with van der Waals surface area (Å²) in [6.45, 7) is 1.44. The van der Waals surface area contributed by atoms with Crippen LogP contribution in [-0.4, -0.2) is 12.4 Å². The van der Waals surface area contributed by atoms with Crippen LogP contribution in [0.4, 0.5) is 0 Å². The summed E-state index contributed by atoms with van der Waals surface area (Å²) in [5.41, 5.74) is 0. The Bertz CT molecular complexity index is 662. The van der Waals surface area contributed by atoms with Crippen molar-refractivity contribution >= 4 is 29.9 Å². The summed E-state index contributed by atoms with van der Waals surface area (Å²) in [7, 11) is 0. The molecule has 0 N–H and O–H groups in total. The summed E-state index contributed by atoms with van der Waals surface area (Å²) in [6.07, 6.45) is 2.82. The molecule has 136 valence electrons. The van der Waals surface area contributed by atoms with Gasteiger partial charge in [-0.3, -0.25) is 4.52 Å². The lowest BCUT2D eigenvalue weighted by Gasteiger charge is -2.18. The molecule has 1 atom stereocenters. The maximum Gasteiger partial charge on any atom is 0.440 e. The molecule has 0 aliphatic carbocycles. The van der Waals surface area contributed by atoms with Crippen molar-refractivity contribution in [1.82, 2.24) is 0 Å². The molecule has 2 aromatic carbocycles. The zero-order valence-corrected chi connectivity index (χ0v) is 17.2. The molecule has 0 radical (unpaired) electrons. The number of hydrogen-bond donors (Lipinski definition) is 0. The normalized spacial score (nSPS) is 13.4. The Kier molecular flexibility index (Phi) is 8.97. The molecule has 0 amide bonds. The van der Waals surface area contributed by atoms with Gasteiger partial charge in [0.25, 0.3) is 0 Å². The Balaban J connectivity index is 1.99. The van der Waals surface area contributed by atoms with E-state index in [2.05, 4.69) is 26.0 Å². The number of hydrogen-bond acceptors (Lipinski definition) is 5. The lowest BCUT2D eigenvalue weighted by molar-refractivity contribution is 0.275. The second-order valence-electron chi connectivity index (χ2n) is 5.45. The molecule has 0 saturated carbocycles. The molecule has 2 rings (SSSR count). The van der Waals surface area contributed by atoms with Crippen LogP contribution in [0.2, 0.25) is 0 Å². The Labute approximate surface area is 159 Å². The predicted octanol–water partition coefficient (Wildman–Crippen LogP) is 7.28. The Morgan fingerprint density at radius 1 is 0.920 bits per heavy atom. The molecular formula is C19H25O3PS2. The van der Waals surface area contributed by atoms with Crippen LogP contribution in [0.5, 0.6) is 5.75 Å². The largest absolute Gasteiger partial charge is 0.440 e. The fourth-order valence-electron chi connectivity index (χ4n) is 1.94. The SMILES string of the molecule is CCCCOP(=O)(Oc1ccc(Sc2ccccc2)cc1)SCCC. The molecule has 0 spiro atoms. The van der Waals surface area contributed by atoms with Gasteiger partial charge in [-0.05, 0) is 60.6 Å². The third-order valence-corrected chi connectivity index (χ3v) is 8.11. The molecule has 0 fully saturated rings. The highest BCUT2D eigenvalue weighted by molar-refractivity contribution is 8.55. The van der Waals surface area contributed by atoms with E-state index >= 15 is 0 Å². The number of rotatable bonds is 11. The van der Waals surface area contributed by atoms with Gasteiger partial charge in [0.2, 0.25) is 0 Å². The summed E-state index contributed by atoms with van der Waals surface area (Å²) >= 11 is 2.97. The van der Waals surface area contributed by atoms with Crippen LogP contribution in [0, 0.1) is 0 Å². The van der Waals surface area contributed by atoms with E-state index in [1.165, 1.54) is 16.3 Å². The van der Waals surface area contributed by atoms with Gasteiger partial charge < -0.3 is 4.52 Å². The van der Waals surface area contributed by atoms with Crippen LogP contribution in [-0.2, 0) is 9.09 Å². The summed E-state index contributed by atoms with van der Waals surface area (Å²) in [4.78, 5) is 2.30. The van der Waals surface area contributed by atoms with Crippen molar-refractivity contribution < 1.29 is 13.6 Å². The Morgan fingerprint density at radius 3 is 2.24 bits per heavy atom. The second-order valence-corrected chi connectivity index (χ2v) is 10.7. The Hall–Kier alpha value is -0.870. The molecule has 0 aliphatic rings. The van der Waals surface area contributed by atoms with Crippen LogP contribution >= 0.6 is 29.9 Å². The molecule has 0 aliphatic heterocycles. The fraction of sp³-hybridized carbons (Fsp3) is 0.368. The van der Waals surface area contributed by atoms with Gasteiger partial charge >= 0.3 is 6.80 Å². The van der Waals surface area contributed by atoms with Crippen LogP contribution in [0.3, 0.4) is 0 Å². The van der Waals surface area contributed by atoms with E-state index in [0.717, 1.165) is 29.9 Å². The summed E-state index contributed by atoms with van der Waals surface area (Å²) in [5, 5.41) is 0. The van der Waals surface area contributed by atoms with Crippen molar-refractivity contribution in [3.05, 3.63) is 54.6 Å². The lowest BCUT2D eigenvalue weighted by Crippen LogP contribution is -1.98. The van der Waals surface area contributed by atoms with E-state index in [9.17, 15) is 4.57 Å². The van der Waals surface area contributed by atoms with Gasteiger partial charge in [0.05, 0.1) is 6.61 Å². The predicted molar refractivity (Wildman–Crippen MR) is 109 cm³/mol. The molecule has 0 bridgehead atoms. The zero-order chi connectivity index (χ0) is 18.0. The van der Waals surface area contributed by atoms with E-state index in [4.69, 9.17) is 9.05 Å². The lowest BCUT2D eigenvalue weighted by atomic mass is 10.3. The van der Waals surface area contributed by atoms with E-state index < -0.39 is 6.80 Å². The van der Waals surface area contributed by atoms with Gasteiger partial charge in [-0.2, -0.15) is 0 Å². The maximum atomic E-state index is 12.9. The summed E-state index contributed by atoms with van der Waals surface area (Å²) in [5.74, 6) is 1.34. The first-order valence-electron chi connectivity index (χ1n) is 8.57. The smallest absolute Gasteiger partial charge is 0.417 e. The number of unbranched alkanes of at least 4 members (excludes halogenated alkanes) is 1. The van der Waals surface area contributed by atoms with Crippen molar-refractivity contribution in [1.29, 1.82) is 0 Å². The van der Waals surface area contributed by atoms with Gasteiger partial charge in [0, 0.05) is 15.5 Å². The first kappa shape index (κ1) is 20.4. The summed E-state index contributed by atoms with van der Waals surface area (Å²) in [6, 6.07) is 17.9. The van der Waals surface area contributed by atoms with Crippen LogP contribution in [0.25, 0.3) is 0 Å². The second kappa shape index (κ2) is 11.0. The molecule has 25 heavy (non-hydrogen) atoms. The van der Waals surface area contributed by atoms with Gasteiger partial charge in [0.15, 0.2) is 0 Å². The van der Waals surface area contributed by atoms with Gasteiger partial charge in [0.1, 0.15) is 5.75 Å². The molecule has 1 unspecified atom stereocenters. The molecule has 0 aromatic heterocycles. The van der Waals surface area contributed by atoms with Gasteiger partial charge in [-0.25, -0.2) is 4.57 Å². The highest BCUT2D eigenvalue weighted by atomic mass is 32.7. The quantitative estimate of drug-likeness (QED) is 0.294. The first-order valence-corrected chi connectivity index (χ1v) is 12.5. The average Bonchev–Trinajstić information content (AvgIpc) is 2.63. The van der Waals surface area contributed by atoms with E-state index in [1.54, 1.807) is 11.8 Å². The summed E-state index contributed by atoms with van der Waals surface area (Å²) < 4.78 is 24.2. The average molecular weight is 397 g/mol. The minimum Gasteiger partial charge on any atom is -0.417 e. The maximum absolute atomic E-state index is 12.9. The standard InChI is InChI=1S/C19H25O3PS2/c1-3-5-15-21-23(20,24-16-4-2)22-17-11-13-19(14-12-17)25-18-9-7-6-8-10-18/h6-14H,3-5,15-16H2,1-2H3. The van der Waals surface area contributed by atoms with E-state index in [-0.39, 0.29) is 0 Å². The first-order chi connectivity index (χ1) is 12.1. The van der Waals surface area contributed by atoms with E-state index in [1.807, 2.05) is 42.5 Å². The topological polar surface area (TPSA) is 35.5 Å². The molecule has 2 aromatic rings. The van der Waals surface area contributed by atoms with Crippen molar-refractivity contribution in [2.45, 2.75) is 42.9 Å². The van der Waals surface area contributed by atoms with Crippen molar-refractivity contribution in [3.8, 4) is 5.75 Å². The minimum atomic E-state index is -3.16. The third kappa shape index (κ3) is 7.49. The molecule has 0 heterocycles. The fourth-order valence-corrected chi connectivity index (χ4v) is 6.17. The van der Waals surface area contributed by atoms with Crippen molar-refractivity contribution in [3.63, 3.8) is 0 Å². The van der Waals surface area contributed by atoms with Crippen molar-refractivity contribution in [2.24, 2.45) is 0 Å². The van der Waals surface area contributed by atoms with Crippen LogP contribution in [0.1, 0.15) is 33.1 Å². The van der Waals surface area contributed by atoms with Crippen LogP contribution < -0.4 is 4.52 Å². The van der Waals surface area contributed by atoms with Gasteiger partial charge in [-0.15, -0.1) is 0 Å². The molecule has 0 saturated heterocycles. The molecule has 3 nitrogen and oxygen atoms in total. The Morgan fingerprint density at radius 2 is 1.60 bits per heavy atom. The zero-order valence-electron chi connectivity index (χ0n) is 14.7. The minimum absolute atomic E-state index is 0.465. The van der Waals surface area contributed by atoms with Crippen LogP contribution in [0.15, 0.2) is 64.4 Å². The van der Waals surface area contributed by atoms with Crippen molar-refractivity contribution in [2.75, 3.05) is 12.4 Å². The molecule has 6 heteroatoms. The van der Waals surface area contributed by atoms with Gasteiger partial charge in [-0.1, -0.05) is 50.2 Å². The molecular weight excluding hydrogens is 371 g/mol. The van der Waals surface area contributed by atoms with E-state index in [0.29, 0.717) is 12.4 Å². The monoisotopic (exact) mass is 396 g/mol. The number of benzene rings is 2. The third-order valence-electron chi connectivity index (χ3n) is 3.22. The highest BCUT2D eigenvalue weighted by Gasteiger charge is 2.26.